The third kappa shape index (κ3) is 3.93. The maximum atomic E-state index is 9.75. The second-order valence-corrected chi connectivity index (χ2v) is 1.41. The molecular weight excluding hydrogens is 122 g/mol. The maximum absolute atomic E-state index is 9.75. The molecule has 0 bridgehead atoms. The Morgan fingerprint density at radius 2 is 2.56 bits per heavy atom. The highest BCUT2D eigenvalue weighted by Gasteiger charge is 2.01. The number of carbonyl (C=O) groups is 1. The molecule has 1 atom stereocenters. The number of ether oxygens (including phenoxy) is 1. The van der Waals surface area contributed by atoms with E-state index in [0.717, 1.165) is 0 Å². The van der Waals surface area contributed by atoms with Crippen LogP contribution in [0.3, 0.4) is 0 Å². The summed E-state index contributed by atoms with van der Waals surface area (Å²) in [6.07, 6.45) is -0.0520. The van der Waals surface area contributed by atoms with Gasteiger partial charge in [0.15, 0.2) is 6.23 Å². The van der Waals surface area contributed by atoms with Gasteiger partial charge in [0.2, 0.25) is 6.41 Å². The summed E-state index contributed by atoms with van der Waals surface area (Å²) in [4.78, 5) is 9.75. The summed E-state index contributed by atoms with van der Waals surface area (Å²) in [6.45, 7) is 2.08. The number of amides is 1. The molecule has 0 spiro atoms. The maximum Gasteiger partial charge on any atom is 0.209 e. The van der Waals surface area contributed by atoms with Crippen LogP contribution in [0, 0.1) is 0 Å². The molecule has 4 nitrogen and oxygen atoms in total. The van der Waals surface area contributed by atoms with Gasteiger partial charge in [0, 0.05) is 6.61 Å². The largest absolute Gasteiger partial charge is 0.392 e. The molecule has 0 saturated heterocycles. The number of aliphatic hydroxyl groups excluding tert-OH is 1. The summed E-state index contributed by atoms with van der Waals surface area (Å²) < 4.78 is 4.84. The van der Waals surface area contributed by atoms with Gasteiger partial charge in [-0.15, -0.1) is 0 Å². The van der Waals surface area contributed by atoms with Crippen LogP contribution < -0.4 is 5.32 Å². The van der Waals surface area contributed by atoms with Crippen molar-refractivity contribution in [3.05, 3.63) is 0 Å². The highest BCUT2D eigenvalue weighted by Crippen LogP contribution is 1.81. The Morgan fingerprint density at radius 3 is 2.89 bits per heavy atom. The lowest BCUT2D eigenvalue weighted by Crippen LogP contribution is -2.33. The predicted octanol–water partition coefficient (Wildman–Crippen LogP) is -0.913. The van der Waals surface area contributed by atoms with E-state index in [0.29, 0.717) is 13.0 Å². The average molecular weight is 133 g/mol. The van der Waals surface area contributed by atoms with E-state index in [9.17, 15) is 4.79 Å². The second-order valence-electron chi connectivity index (χ2n) is 1.41. The molecule has 0 aliphatic rings. The molecule has 9 heavy (non-hydrogen) atoms. The van der Waals surface area contributed by atoms with E-state index in [1.807, 2.05) is 0 Å². The number of aliphatic hydroxyl groups is 1. The molecule has 0 aromatic rings. The van der Waals surface area contributed by atoms with Crippen LogP contribution in [0.1, 0.15) is 6.92 Å². The van der Waals surface area contributed by atoms with Crippen LogP contribution in [0.15, 0.2) is 0 Å². The first-order chi connectivity index (χ1) is 4.35. The fourth-order valence-electron chi connectivity index (χ4n) is 0.431. The molecule has 0 aromatic heterocycles. The molecule has 0 fully saturated rings. The zero-order valence-electron chi connectivity index (χ0n) is 5.33. The van der Waals surface area contributed by atoms with Gasteiger partial charge in [-0.2, -0.15) is 0 Å². The zero-order valence-corrected chi connectivity index (χ0v) is 5.33. The SMILES string of the molecule is CCOC(CO)NC=O. The number of hydrogen-bond donors (Lipinski definition) is 2. The number of nitrogens with one attached hydrogen (secondary N) is 1. The molecule has 1 amide bonds. The van der Waals surface area contributed by atoms with E-state index in [4.69, 9.17) is 9.84 Å². The van der Waals surface area contributed by atoms with Gasteiger partial charge in [0.1, 0.15) is 0 Å². The smallest absolute Gasteiger partial charge is 0.209 e. The molecule has 2 N–H and O–H groups in total. The average Bonchev–Trinajstić information content (AvgIpc) is 1.88. The van der Waals surface area contributed by atoms with Crippen molar-refractivity contribution in [2.75, 3.05) is 13.2 Å². The quantitative estimate of drug-likeness (QED) is 0.377. The van der Waals surface area contributed by atoms with E-state index in [2.05, 4.69) is 5.32 Å². The van der Waals surface area contributed by atoms with Crippen LogP contribution in [-0.2, 0) is 9.53 Å². The van der Waals surface area contributed by atoms with E-state index >= 15 is 0 Å². The molecule has 0 saturated carbocycles. The van der Waals surface area contributed by atoms with Gasteiger partial charge in [0.25, 0.3) is 0 Å². The van der Waals surface area contributed by atoms with Crippen molar-refractivity contribution in [3.8, 4) is 0 Å². The molecule has 0 rings (SSSR count). The normalized spacial score (nSPS) is 12.7. The fourth-order valence-corrected chi connectivity index (χ4v) is 0.431. The zero-order chi connectivity index (χ0) is 7.11. The molecule has 0 aliphatic heterocycles. The van der Waals surface area contributed by atoms with Gasteiger partial charge in [-0.3, -0.25) is 4.79 Å². The minimum Gasteiger partial charge on any atom is -0.392 e. The van der Waals surface area contributed by atoms with Crippen molar-refractivity contribution < 1.29 is 14.6 Å². The monoisotopic (exact) mass is 133 g/mol. The third-order valence-corrected chi connectivity index (χ3v) is 0.788. The first-order valence-electron chi connectivity index (χ1n) is 2.77. The van der Waals surface area contributed by atoms with Gasteiger partial charge in [-0.25, -0.2) is 0 Å². The summed E-state index contributed by atoms with van der Waals surface area (Å²) in [5.74, 6) is 0. The molecule has 54 valence electrons. The van der Waals surface area contributed by atoms with Crippen LogP contribution in [-0.4, -0.2) is 31.0 Å². The summed E-state index contributed by atoms with van der Waals surface area (Å²) in [5, 5.41) is 10.7. The van der Waals surface area contributed by atoms with Gasteiger partial charge in [-0.1, -0.05) is 0 Å². The molecule has 0 radical (unpaired) electrons. The number of carbonyl (C=O) groups excluding carboxylic acids is 1. The Labute approximate surface area is 53.8 Å². The molecule has 0 heterocycles. The van der Waals surface area contributed by atoms with Gasteiger partial charge in [0.05, 0.1) is 6.61 Å². The Balaban J connectivity index is 3.28. The van der Waals surface area contributed by atoms with Crippen molar-refractivity contribution in [1.82, 2.24) is 5.32 Å². The topological polar surface area (TPSA) is 58.6 Å². The molecule has 0 aromatic carbocycles. The second kappa shape index (κ2) is 5.53. The van der Waals surface area contributed by atoms with Crippen molar-refractivity contribution in [3.63, 3.8) is 0 Å². The molecule has 1 unspecified atom stereocenters. The lowest BCUT2D eigenvalue weighted by molar-refractivity contribution is -0.114. The van der Waals surface area contributed by atoms with Crippen LogP contribution in [0.4, 0.5) is 0 Å². The Kier molecular flexibility index (Phi) is 5.15. The highest BCUT2D eigenvalue weighted by atomic mass is 16.5. The first-order valence-corrected chi connectivity index (χ1v) is 2.77. The van der Waals surface area contributed by atoms with Crippen molar-refractivity contribution in [2.24, 2.45) is 0 Å². The standard InChI is InChI=1S/C5H11NO3/c1-2-9-5(3-7)6-4-8/h4-5,7H,2-3H2,1H3,(H,6,8). The lowest BCUT2D eigenvalue weighted by Gasteiger charge is -2.11. The van der Waals surface area contributed by atoms with Gasteiger partial charge >= 0.3 is 0 Å². The van der Waals surface area contributed by atoms with Crippen molar-refractivity contribution in [2.45, 2.75) is 13.2 Å². The van der Waals surface area contributed by atoms with Gasteiger partial charge in [-0.05, 0) is 6.92 Å². The van der Waals surface area contributed by atoms with Crippen LogP contribution in [0.2, 0.25) is 0 Å². The summed E-state index contributed by atoms with van der Waals surface area (Å²) in [6, 6.07) is 0. The minimum absolute atomic E-state index is 0.188. The Bertz CT molecular complexity index is 76.6. The number of rotatable bonds is 5. The summed E-state index contributed by atoms with van der Waals surface area (Å²) in [5.41, 5.74) is 0. The van der Waals surface area contributed by atoms with E-state index < -0.39 is 6.23 Å². The summed E-state index contributed by atoms with van der Waals surface area (Å²) in [7, 11) is 0. The Morgan fingerprint density at radius 1 is 1.89 bits per heavy atom. The van der Waals surface area contributed by atoms with E-state index in [1.165, 1.54) is 0 Å². The lowest BCUT2D eigenvalue weighted by atomic mass is 10.6. The minimum atomic E-state index is -0.549. The predicted molar refractivity (Wildman–Crippen MR) is 31.7 cm³/mol. The van der Waals surface area contributed by atoms with E-state index in [1.54, 1.807) is 6.92 Å². The summed E-state index contributed by atoms with van der Waals surface area (Å²) >= 11 is 0. The fraction of sp³-hybridized carbons (Fsp3) is 0.800. The number of hydrogen-bond acceptors (Lipinski definition) is 3. The van der Waals surface area contributed by atoms with Crippen LogP contribution in [0.25, 0.3) is 0 Å². The van der Waals surface area contributed by atoms with Gasteiger partial charge < -0.3 is 15.2 Å². The third-order valence-electron chi connectivity index (χ3n) is 0.788. The van der Waals surface area contributed by atoms with E-state index in [-0.39, 0.29) is 6.61 Å². The molecular formula is C5H11NO3. The van der Waals surface area contributed by atoms with Crippen LogP contribution in [0.5, 0.6) is 0 Å². The van der Waals surface area contributed by atoms with Crippen LogP contribution >= 0.6 is 0 Å². The van der Waals surface area contributed by atoms with Crippen molar-refractivity contribution >= 4 is 6.41 Å². The molecule has 4 heteroatoms. The molecule has 0 aliphatic carbocycles. The first kappa shape index (κ1) is 8.39. The highest BCUT2D eigenvalue weighted by molar-refractivity contribution is 5.46. The van der Waals surface area contributed by atoms with Crippen molar-refractivity contribution in [1.29, 1.82) is 0 Å². The Hall–Kier alpha value is -0.610.